The van der Waals surface area contributed by atoms with Crippen LogP contribution >= 0.6 is 0 Å². The highest BCUT2D eigenvalue weighted by molar-refractivity contribution is 5.87. The van der Waals surface area contributed by atoms with Crippen LogP contribution in [0.1, 0.15) is 6.42 Å². The Balaban J connectivity index is 1.53. The summed E-state index contributed by atoms with van der Waals surface area (Å²) in [6, 6.07) is 6.10. The van der Waals surface area contributed by atoms with Gasteiger partial charge in [-0.3, -0.25) is 4.98 Å². The molecule has 0 aliphatic carbocycles. The van der Waals surface area contributed by atoms with Crippen molar-refractivity contribution in [3.05, 3.63) is 48.3 Å². The van der Waals surface area contributed by atoms with E-state index in [1.807, 2.05) is 24.4 Å². The molecule has 0 spiro atoms. The second-order valence-electron chi connectivity index (χ2n) is 5.92. The van der Waals surface area contributed by atoms with Gasteiger partial charge in [0.1, 0.15) is 23.6 Å². The van der Waals surface area contributed by atoms with Gasteiger partial charge in [0, 0.05) is 38.6 Å². The Morgan fingerprint density at radius 2 is 2.21 bits per heavy atom. The largest absolute Gasteiger partial charge is 0.355 e. The zero-order valence-corrected chi connectivity index (χ0v) is 13.3. The summed E-state index contributed by atoms with van der Waals surface area (Å²) in [5.74, 6) is 1.87. The van der Waals surface area contributed by atoms with Gasteiger partial charge < -0.3 is 14.8 Å². The third-order valence-electron chi connectivity index (χ3n) is 4.57. The van der Waals surface area contributed by atoms with Crippen LogP contribution < -0.4 is 9.80 Å². The van der Waals surface area contributed by atoms with Crippen molar-refractivity contribution in [3.63, 3.8) is 0 Å². The fraction of sp³-hybridized carbons (Fsp3) is 0.294. The van der Waals surface area contributed by atoms with Crippen LogP contribution in [0, 0.1) is 6.57 Å². The number of nitrogens with zero attached hydrogens (tertiary/aromatic N) is 6. The fourth-order valence-corrected chi connectivity index (χ4v) is 3.20. The molecule has 0 aromatic carbocycles. The number of hydrogen-bond donors (Lipinski definition) is 1. The van der Waals surface area contributed by atoms with E-state index in [0.29, 0.717) is 11.7 Å². The number of H-pyrrole nitrogens is 1. The van der Waals surface area contributed by atoms with Crippen molar-refractivity contribution in [1.29, 1.82) is 0 Å². The molecular weight excluding hydrogens is 302 g/mol. The maximum absolute atomic E-state index is 7.01. The zero-order valence-electron chi connectivity index (χ0n) is 13.3. The van der Waals surface area contributed by atoms with Gasteiger partial charge in [-0.1, -0.05) is 6.07 Å². The molecule has 1 aliphatic rings. The number of nitrogens with one attached hydrogen (secondary N) is 1. The van der Waals surface area contributed by atoms with Gasteiger partial charge in [0.15, 0.2) is 0 Å². The maximum atomic E-state index is 7.01. The van der Waals surface area contributed by atoms with E-state index in [1.54, 1.807) is 12.5 Å². The lowest BCUT2D eigenvalue weighted by atomic mass is 10.2. The number of anilines is 2. The van der Waals surface area contributed by atoms with Gasteiger partial charge in [0.25, 0.3) is 0 Å². The summed E-state index contributed by atoms with van der Waals surface area (Å²) >= 11 is 0. The van der Waals surface area contributed by atoms with E-state index < -0.39 is 0 Å². The Bertz CT molecular complexity index is 893. The average molecular weight is 319 g/mol. The quantitative estimate of drug-likeness (QED) is 0.752. The number of likely N-dealkylation sites (N-methyl/N-ethyl adjacent to an activating group) is 1. The minimum atomic E-state index is 0.361. The molecule has 120 valence electrons. The van der Waals surface area contributed by atoms with E-state index in [4.69, 9.17) is 6.57 Å². The number of hydrogen-bond acceptors (Lipinski definition) is 5. The third-order valence-corrected chi connectivity index (χ3v) is 4.57. The Morgan fingerprint density at radius 3 is 3.00 bits per heavy atom. The lowest BCUT2D eigenvalue weighted by Crippen LogP contribution is -2.35. The first kappa shape index (κ1) is 14.5. The van der Waals surface area contributed by atoms with Crippen molar-refractivity contribution in [1.82, 2.24) is 19.9 Å². The number of fused-ring (bicyclic) bond motifs is 1. The zero-order chi connectivity index (χ0) is 16.5. The SMILES string of the molecule is [C-]#[N+]c1ccc(N(C)[C@@H]2CCN(c3ncnc4[nH]ccc34)C2)nc1. The van der Waals surface area contributed by atoms with E-state index in [1.165, 1.54) is 0 Å². The molecule has 0 amide bonds. The normalized spacial score (nSPS) is 17.2. The summed E-state index contributed by atoms with van der Waals surface area (Å²) in [6.07, 6.45) is 6.17. The predicted molar refractivity (Wildman–Crippen MR) is 93.4 cm³/mol. The second kappa shape index (κ2) is 5.81. The first-order valence-corrected chi connectivity index (χ1v) is 7.85. The molecule has 3 aromatic rings. The summed E-state index contributed by atoms with van der Waals surface area (Å²) in [4.78, 5) is 24.1. The summed E-state index contributed by atoms with van der Waals surface area (Å²) in [6.45, 7) is 8.85. The lowest BCUT2D eigenvalue weighted by Gasteiger charge is -2.26. The Kier molecular flexibility index (Phi) is 3.50. The number of rotatable bonds is 3. The molecule has 0 unspecified atom stereocenters. The lowest BCUT2D eigenvalue weighted by molar-refractivity contribution is 0.684. The minimum Gasteiger partial charge on any atom is -0.355 e. The molecule has 0 radical (unpaired) electrons. The van der Waals surface area contributed by atoms with Crippen LogP contribution in [-0.2, 0) is 0 Å². The van der Waals surface area contributed by atoms with Crippen molar-refractivity contribution < 1.29 is 0 Å². The Hall–Kier alpha value is -3.14. The molecule has 3 aromatic heterocycles. The van der Waals surface area contributed by atoms with Crippen molar-refractivity contribution in [2.45, 2.75) is 12.5 Å². The highest BCUT2D eigenvalue weighted by atomic mass is 15.3. The molecular formula is C17H17N7. The maximum Gasteiger partial charge on any atom is 0.205 e. The van der Waals surface area contributed by atoms with E-state index in [2.05, 4.69) is 41.6 Å². The second-order valence-corrected chi connectivity index (χ2v) is 5.92. The standard InChI is InChI=1S/C17H17N7/c1-18-12-3-4-15(20-9-12)23(2)13-6-8-24(10-13)17-14-5-7-19-16(14)21-11-22-17/h3-5,7,9,11,13H,6,8,10H2,2H3,(H,19,21,22)/t13-/m1/s1. The van der Waals surface area contributed by atoms with Crippen LogP contribution in [0.3, 0.4) is 0 Å². The number of aromatic nitrogens is 4. The van der Waals surface area contributed by atoms with E-state index in [0.717, 1.165) is 42.2 Å². The summed E-state index contributed by atoms with van der Waals surface area (Å²) in [5, 5.41) is 1.06. The summed E-state index contributed by atoms with van der Waals surface area (Å²) < 4.78 is 0. The van der Waals surface area contributed by atoms with Gasteiger partial charge in [0.2, 0.25) is 5.69 Å². The smallest absolute Gasteiger partial charge is 0.205 e. The topological polar surface area (TPSA) is 65.3 Å². The van der Waals surface area contributed by atoms with E-state index >= 15 is 0 Å². The molecule has 24 heavy (non-hydrogen) atoms. The molecule has 1 saturated heterocycles. The van der Waals surface area contributed by atoms with Crippen molar-refractivity contribution in [2.24, 2.45) is 0 Å². The minimum absolute atomic E-state index is 0.361. The number of aromatic amines is 1. The van der Waals surface area contributed by atoms with Crippen molar-refractivity contribution >= 4 is 28.4 Å². The summed E-state index contributed by atoms with van der Waals surface area (Å²) in [5.41, 5.74) is 1.43. The molecule has 1 N–H and O–H groups in total. The van der Waals surface area contributed by atoms with Crippen LogP contribution in [0.15, 0.2) is 36.9 Å². The first-order valence-electron chi connectivity index (χ1n) is 7.85. The monoisotopic (exact) mass is 319 g/mol. The Labute approximate surface area is 139 Å². The molecule has 0 bridgehead atoms. The summed E-state index contributed by atoms with van der Waals surface area (Å²) in [7, 11) is 2.06. The molecule has 1 aliphatic heterocycles. The predicted octanol–water partition coefficient (Wildman–Crippen LogP) is 2.62. The van der Waals surface area contributed by atoms with Crippen molar-refractivity contribution in [2.75, 3.05) is 29.9 Å². The van der Waals surface area contributed by atoms with E-state index in [9.17, 15) is 0 Å². The molecule has 4 rings (SSSR count). The van der Waals surface area contributed by atoms with Crippen LogP contribution in [-0.4, -0.2) is 46.1 Å². The third kappa shape index (κ3) is 2.42. The average Bonchev–Trinajstić information content (AvgIpc) is 3.30. The molecule has 0 saturated carbocycles. The van der Waals surface area contributed by atoms with Crippen LogP contribution in [0.25, 0.3) is 15.9 Å². The molecule has 1 fully saturated rings. The van der Waals surface area contributed by atoms with Crippen LogP contribution in [0.2, 0.25) is 0 Å². The van der Waals surface area contributed by atoms with Gasteiger partial charge in [-0.05, 0) is 18.6 Å². The highest BCUT2D eigenvalue weighted by Crippen LogP contribution is 2.28. The van der Waals surface area contributed by atoms with Crippen molar-refractivity contribution in [3.8, 4) is 0 Å². The van der Waals surface area contributed by atoms with Gasteiger partial charge in [-0.2, -0.15) is 0 Å². The highest BCUT2D eigenvalue weighted by Gasteiger charge is 2.28. The van der Waals surface area contributed by atoms with Gasteiger partial charge in [-0.25, -0.2) is 14.8 Å². The fourth-order valence-electron chi connectivity index (χ4n) is 3.20. The van der Waals surface area contributed by atoms with Gasteiger partial charge >= 0.3 is 0 Å². The molecule has 1 atom stereocenters. The molecule has 4 heterocycles. The Morgan fingerprint density at radius 1 is 1.29 bits per heavy atom. The van der Waals surface area contributed by atoms with E-state index in [-0.39, 0.29) is 0 Å². The molecule has 7 heteroatoms. The number of pyridine rings is 1. The molecule has 7 nitrogen and oxygen atoms in total. The first-order chi connectivity index (χ1) is 11.8. The van der Waals surface area contributed by atoms with Crippen LogP contribution in [0.5, 0.6) is 0 Å². The van der Waals surface area contributed by atoms with Crippen LogP contribution in [0.4, 0.5) is 17.3 Å². The van der Waals surface area contributed by atoms with Gasteiger partial charge in [-0.15, -0.1) is 0 Å². The van der Waals surface area contributed by atoms with Gasteiger partial charge in [0.05, 0.1) is 12.0 Å².